The molecule has 0 aromatic heterocycles. The van der Waals surface area contributed by atoms with Crippen molar-refractivity contribution in [3.63, 3.8) is 0 Å². The fourth-order valence-electron chi connectivity index (χ4n) is 4.44. The van der Waals surface area contributed by atoms with E-state index in [0.29, 0.717) is 8.58 Å². The van der Waals surface area contributed by atoms with Crippen LogP contribution >= 0.6 is 8.58 Å². The molecule has 0 amide bonds. The molecular weight excluding hydrogens is 367 g/mol. The van der Waals surface area contributed by atoms with Crippen molar-refractivity contribution < 1.29 is 0 Å². The summed E-state index contributed by atoms with van der Waals surface area (Å²) in [6.07, 6.45) is 0. The fourth-order valence-corrected chi connectivity index (χ4v) is 5.80. The second-order valence-corrected chi connectivity index (χ2v) is 8.83. The first kappa shape index (κ1) is 16.7. The monoisotopic (exact) mass is 386 g/mol. The van der Waals surface area contributed by atoms with Gasteiger partial charge in [0.2, 0.25) is 0 Å². The van der Waals surface area contributed by atoms with Crippen molar-refractivity contribution in [3.8, 4) is 0 Å². The van der Waals surface area contributed by atoms with Gasteiger partial charge in [0.15, 0.2) is 0 Å². The molecule has 0 bridgehead atoms. The molecule has 6 aromatic carbocycles. The second-order valence-electron chi connectivity index (χ2n) is 7.50. The summed E-state index contributed by atoms with van der Waals surface area (Å²) in [7, 11) is 0.627. The van der Waals surface area contributed by atoms with Gasteiger partial charge in [-0.05, 0) is 53.7 Å². The Labute approximate surface area is 171 Å². The Morgan fingerprint density at radius 1 is 0.310 bits per heavy atom. The number of rotatable bonds is 2. The minimum Gasteiger partial charge on any atom is -0.0616 e. The van der Waals surface area contributed by atoms with E-state index in [9.17, 15) is 0 Å². The zero-order valence-electron chi connectivity index (χ0n) is 15.9. The Hall–Kier alpha value is -3.21. The van der Waals surface area contributed by atoms with Crippen LogP contribution in [0, 0.1) is 0 Å². The van der Waals surface area contributed by atoms with Crippen molar-refractivity contribution in [1.82, 2.24) is 0 Å². The fraction of sp³-hybridized carbons (Fsp3) is 0. The molecule has 0 aliphatic heterocycles. The van der Waals surface area contributed by atoms with Gasteiger partial charge < -0.3 is 0 Å². The van der Waals surface area contributed by atoms with Crippen LogP contribution in [-0.4, -0.2) is 0 Å². The zero-order chi connectivity index (χ0) is 19.2. The summed E-state index contributed by atoms with van der Waals surface area (Å²) in [6, 6.07) is 39.9. The maximum atomic E-state index is 2.29. The number of benzene rings is 6. The molecule has 0 atom stereocenters. The minimum absolute atomic E-state index is 0.627. The maximum Gasteiger partial charge on any atom is -0.00990 e. The third-order valence-corrected chi connectivity index (χ3v) is 7.25. The van der Waals surface area contributed by atoms with Crippen molar-refractivity contribution in [3.05, 3.63) is 109 Å². The number of hydrogen-bond acceptors (Lipinski definition) is 0. The Kier molecular flexibility index (Phi) is 3.86. The second kappa shape index (κ2) is 6.69. The van der Waals surface area contributed by atoms with E-state index in [1.807, 2.05) is 0 Å². The van der Waals surface area contributed by atoms with Crippen LogP contribution in [0.15, 0.2) is 109 Å². The number of fused-ring (bicyclic) bond motifs is 6. The van der Waals surface area contributed by atoms with E-state index in [1.165, 1.54) is 53.7 Å². The third kappa shape index (κ3) is 2.72. The molecule has 0 heterocycles. The van der Waals surface area contributed by atoms with Gasteiger partial charge in [0.05, 0.1) is 0 Å². The van der Waals surface area contributed by atoms with E-state index in [2.05, 4.69) is 109 Å². The van der Waals surface area contributed by atoms with Crippen LogP contribution in [0.3, 0.4) is 0 Å². The molecule has 1 heteroatoms. The van der Waals surface area contributed by atoms with Crippen molar-refractivity contribution in [2.75, 3.05) is 0 Å². The predicted molar refractivity (Wildman–Crippen MR) is 130 cm³/mol. The highest BCUT2D eigenvalue weighted by atomic mass is 31.1. The summed E-state index contributed by atoms with van der Waals surface area (Å²) >= 11 is 0. The van der Waals surface area contributed by atoms with Gasteiger partial charge in [-0.15, -0.1) is 0 Å². The van der Waals surface area contributed by atoms with Gasteiger partial charge in [-0.25, -0.2) is 0 Å². The summed E-state index contributed by atoms with van der Waals surface area (Å²) in [5.41, 5.74) is 0. The molecule has 0 aliphatic carbocycles. The van der Waals surface area contributed by atoms with Crippen LogP contribution in [0.25, 0.3) is 43.1 Å². The van der Waals surface area contributed by atoms with Gasteiger partial charge in [-0.2, -0.15) is 0 Å². The van der Waals surface area contributed by atoms with E-state index >= 15 is 0 Å². The summed E-state index contributed by atoms with van der Waals surface area (Å²) < 4.78 is 0. The van der Waals surface area contributed by atoms with Gasteiger partial charge >= 0.3 is 0 Å². The van der Waals surface area contributed by atoms with Gasteiger partial charge in [0.25, 0.3) is 0 Å². The highest BCUT2D eigenvalue weighted by Gasteiger charge is 2.09. The molecule has 0 radical (unpaired) electrons. The molecule has 136 valence electrons. The molecule has 0 unspecified atom stereocenters. The molecule has 0 aliphatic rings. The quantitative estimate of drug-likeness (QED) is 0.224. The molecular formula is C28H19P. The summed E-state index contributed by atoms with van der Waals surface area (Å²) in [5, 5.41) is 13.5. The highest BCUT2D eigenvalue weighted by Crippen LogP contribution is 2.30. The molecule has 6 aromatic rings. The summed E-state index contributed by atoms with van der Waals surface area (Å²) in [5.74, 6) is 0. The minimum atomic E-state index is 0.627. The van der Waals surface area contributed by atoms with Crippen LogP contribution in [0.5, 0.6) is 0 Å². The average molecular weight is 386 g/mol. The lowest BCUT2D eigenvalue weighted by atomic mass is 10.0. The standard InChI is InChI=1S/C28H19P/c1-3-9-21-19(7-1)15-17-25-23(21)11-5-13-27(25)29-28-14-6-12-24-22-10-4-2-8-20(22)16-18-26(24)28/h1-18,29H. The van der Waals surface area contributed by atoms with Crippen molar-refractivity contribution in [1.29, 1.82) is 0 Å². The maximum absolute atomic E-state index is 2.29. The average Bonchev–Trinajstić information content (AvgIpc) is 2.79. The summed E-state index contributed by atoms with van der Waals surface area (Å²) in [6.45, 7) is 0. The SMILES string of the molecule is c1ccc2c(c1)ccc1c(Pc3cccc4c3ccc3ccccc34)cccc12. The molecule has 0 saturated carbocycles. The van der Waals surface area contributed by atoms with E-state index in [0.717, 1.165) is 0 Å². The first-order valence-corrected chi connectivity index (χ1v) is 11.0. The Morgan fingerprint density at radius 2 is 0.759 bits per heavy atom. The number of hydrogen-bond donors (Lipinski definition) is 0. The highest BCUT2D eigenvalue weighted by molar-refractivity contribution is 7.56. The van der Waals surface area contributed by atoms with Crippen LogP contribution in [-0.2, 0) is 0 Å². The molecule has 6 rings (SSSR count). The smallest absolute Gasteiger partial charge is 0.00990 e. The van der Waals surface area contributed by atoms with Gasteiger partial charge in [0.1, 0.15) is 0 Å². The summed E-state index contributed by atoms with van der Waals surface area (Å²) in [4.78, 5) is 0. The molecule has 0 saturated heterocycles. The topological polar surface area (TPSA) is 0 Å². The lowest BCUT2D eigenvalue weighted by Crippen LogP contribution is -2.06. The lowest BCUT2D eigenvalue weighted by Gasteiger charge is -2.12. The Balaban J connectivity index is 1.56. The zero-order valence-corrected chi connectivity index (χ0v) is 16.9. The van der Waals surface area contributed by atoms with E-state index < -0.39 is 0 Å². The molecule has 29 heavy (non-hydrogen) atoms. The van der Waals surface area contributed by atoms with Crippen LogP contribution in [0.2, 0.25) is 0 Å². The van der Waals surface area contributed by atoms with E-state index in [1.54, 1.807) is 0 Å². The first-order valence-electron chi connectivity index (χ1n) is 9.96. The van der Waals surface area contributed by atoms with Crippen molar-refractivity contribution >= 4 is 62.3 Å². The molecule has 0 N–H and O–H groups in total. The van der Waals surface area contributed by atoms with E-state index in [-0.39, 0.29) is 0 Å². The third-order valence-electron chi connectivity index (χ3n) is 5.84. The predicted octanol–water partition coefficient (Wildman–Crippen LogP) is 6.93. The van der Waals surface area contributed by atoms with Crippen molar-refractivity contribution in [2.24, 2.45) is 0 Å². The largest absolute Gasteiger partial charge is 0.0616 e. The molecule has 0 fully saturated rings. The Bertz CT molecular complexity index is 1410. The first-order chi connectivity index (χ1) is 14.4. The molecule has 0 nitrogen and oxygen atoms in total. The molecule has 0 spiro atoms. The van der Waals surface area contributed by atoms with Crippen LogP contribution in [0.1, 0.15) is 0 Å². The van der Waals surface area contributed by atoms with Crippen LogP contribution in [0.4, 0.5) is 0 Å². The van der Waals surface area contributed by atoms with Gasteiger partial charge in [-0.1, -0.05) is 118 Å². The van der Waals surface area contributed by atoms with Crippen molar-refractivity contribution in [2.45, 2.75) is 0 Å². The van der Waals surface area contributed by atoms with E-state index in [4.69, 9.17) is 0 Å². The van der Waals surface area contributed by atoms with Crippen LogP contribution < -0.4 is 10.6 Å². The van der Waals surface area contributed by atoms with Gasteiger partial charge in [-0.3, -0.25) is 0 Å². The van der Waals surface area contributed by atoms with Gasteiger partial charge in [0, 0.05) is 0 Å². The normalized spacial score (nSPS) is 11.6. The Morgan fingerprint density at radius 3 is 1.28 bits per heavy atom. The lowest BCUT2D eigenvalue weighted by molar-refractivity contribution is 1.78.